The smallest absolute Gasteiger partial charge is 0.343 e. The number of fused-ring (bicyclic) bond motifs is 1. The van der Waals surface area contributed by atoms with Crippen LogP contribution < -0.4 is 4.74 Å². The summed E-state index contributed by atoms with van der Waals surface area (Å²) in [6.07, 6.45) is 0. The lowest BCUT2D eigenvalue weighted by Crippen LogP contribution is -2.09. The fourth-order valence-corrected chi connectivity index (χ4v) is 3.22. The maximum atomic E-state index is 12.7. The second kappa shape index (κ2) is 8.56. The average molecular weight is 411 g/mol. The first-order chi connectivity index (χ1) is 15.1. The van der Waals surface area contributed by atoms with Gasteiger partial charge in [0.15, 0.2) is 0 Å². The van der Waals surface area contributed by atoms with Gasteiger partial charge >= 0.3 is 11.9 Å². The third-order valence-electron chi connectivity index (χ3n) is 4.61. The molecule has 0 amide bonds. The standard InChI is InChI=1S/C25H17NO5/c1-2-29-25(28)22-20-14-19(30-24(27)18-10-6-7-16(13-18)15-26)11-12-21(20)31-23(22)17-8-4-3-5-9-17/h3-14H,2H2,1H3. The van der Waals surface area contributed by atoms with Gasteiger partial charge in [-0.1, -0.05) is 36.4 Å². The van der Waals surface area contributed by atoms with Crippen molar-refractivity contribution in [2.45, 2.75) is 6.92 Å². The van der Waals surface area contributed by atoms with E-state index >= 15 is 0 Å². The van der Waals surface area contributed by atoms with Crippen molar-refractivity contribution >= 4 is 22.9 Å². The minimum absolute atomic E-state index is 0.212. The van der Waals surface area contributed by atoms with Crippen LogP contribution in [0.25, 0.3) is 22.3 Å². The molecule has 0 aliphatic rings. The Labute approximate surface area is 178 Å². The summed E-state index contributed by atoms with van der Waals surface area (Å²) in [5.74, 6) is -0.503. The number of ether oxygens (including phenoxy) is 2. The number of hydrogen-bond acceptors (Lipinski definition) is 6. The molecule has 0 aliphatic carbocycles. The number of furan rings is 1. The highest BCUT2D eigenvalue weighted by Crippen LogP contribution is 2.36. The fraction of sp³-hybridized carbons (Fsp3) is 0.0800. The topological polar surface area (TPSA) is 89.5 Å². The van der Waals surface area contributed by atoms with Crippen molar-refractivity contribution in [3.63, 3.8) is 0 Å². The highest BCUT2D eigenvalue weighted by Gasteiger charge is 2.24. The normalized spacial score (nSPS) is 10.5. The van der Waals surface area contributed by atoms with Gasteiger partial charge in [-0.3, -0.25) is 0 Å². The van der Waals surface area contributed by atoms with Crippen LogP contribution in [-0.4, -0.2) is 18.5 Å². The third-order valence-corrected chi connectivity index (χ3v) is 4.61. The highest BCUT2D eigenvalue weighted by molar-refractivity contribution is 6.09. The van der Waals surface area contributed by atoms with E-state index in [1.165, 1.54) is 6.07 Å². The lowest BCUT2D eigenvalue weighted by molar-refractivity contribution is 0.0528. The predicted octanol–water partition coefficient (Wildman–Crippen LogP) is 5.37. The Morgan fingerprint density at radius 2 is 1.77 bits per heavy atom. The summed E-state index contributed by atoms with van der Waals surface area (Å²) in [5, 5.41) is 9.50. The zero-order chi connectivity index (χ0) is 21.8. The monoisotopic (exact) mass is 411 g/mol. The van der Waals surface area contributed by atoms with Crippen molar-refractivity contribution < 1.29 is 23.5 Å². The van der Waals surface area contributed by atoms with Gasteiger partial charge in [0.05, 0.1) is 23.8 Å². The maximum Gasteiger partial charge on any atom is 0.343 e. The molecule has 0 saturated heterocycles. The van der Waals surface area contributed by atoms with Gasteiger partial charge in [-0.05, 0) is 43.3 Å². The Morgan fingerprint density at radius 3 is 2.52 bits per heavy atom. The van der Waals surface area contributed by atoms with E-state index in [9.17, 15) is 9.59 Å². The second-order valence-electron chi connectivity index (χ2n) is 6.63. The molecule has 3 aromatic carbocycles. The van der Waals surface area contributed by atoms with Crippen molar-refractivity contribution in [3.8, 4) is 23.1 Å². The molecule has 1 heterocycles. The Bertz CT molecular complexity index is 1320. The molecular weight excluding hydrogens is 394 g/mol. The minimum atomic E-state index is -0.610. The summed E-state index contributed by atoms with van der Waals surface area (Å²) >= 11 is 0. The molecule has 1 aromatic heterocycles. The van der Waals surface area contributed by atoms with E-state index in [1.54, 1.807) is 43.3 Å². The van der Waals surface area contributed by atoms with Crippen molar-refractivity contribution in [2.75, 3.05) is 6.61 Å². The van der Waals surface area contributed by atoms with Crippen molar-refractivity contribution in [3.05, 3.63) is 89.5 Å². The number of nitrogens with zero attached hydrogens (tertiary/aromatic N) is 1. The first-order valence-corrected chi connectivity index (χ1v) is 9.62. The molecule has 6 heteroatoms. The van der Waals surface area contributed by atoms with Crippen LogP contribution in [0.5, 0.6) is 5.75 Å². The number of rotatable bonds is 5. The molecule has 0 bridgehead atoms. The number of benzene rings is 3. The molecule has 0 N–H and O–H groups in total. The van der Waals surface area contributed by atoms with Crippen LogP contribution in [-0.2, 0) is 4.74 Å². The van der Waals surface area contributed by atoms with E-state index < -0.39 is 11.9 Å². The lowest BCUT2D eigenvalue weighted by atomic mass is 10.1. The van der Waals surface area contributed by atoms with Gasteiger partial charge in [0.25, 0.3) is 0 Å². The Hall–Kier alpha value is -4.37. The largest absolute Gasteiger partial charge is 0.462 e. The van der Waals surface area contributed by atoms with Crippen LogP contribution in [0.15, 0.2) is 77.2 Å². The number of nitriles is 1. The molecule has 31 heavy (non-hydrogen) atoms. The van der Waals surface area contributed by atoms with Crippen LogP contribution in [0.3, 0.4) is 0 Å². The average Bonchev–Trinajstić information content (AvgIpc) is 3.19. The fourth-order valence-electron chi connectivity index (χ4n) is 3.22. The molecule has 6 nitrogen and oxygen atoms in total. The first-order valence-electron chi connectivity index (χ1n) is 9.62. The molecule has 0 atom stereocenters. The second-order valence-corrected chi connectivity index (χ2v) is 6.63. The minimum Gasteiger partial charge on any atom is -0.462 e. The van der Waals surface area contributed by atoms with E-state index in [1.807, 2.05) is 36.4 Å². The van der Waals surface area contributed by atoms with Gasteiger partial charge in [0.2, 0.25) is 0 Å². The van der Waals surface area contributed by atoms with Gasteiger partial charge in [-0.2, -0.15) is 5.26 Å². The number of carbonyl (C=O) groups is 2. The van der Waals surface area contributed by atoms with E-state index in [-0.39, 0.29) is 23.5 Å². The highest BCUT2D eigenvalue weighted by atomic mass is 16.5. The van der Waals surface area contributed by atoms with Gasteiger partial charge in [-0.25, -0.2) is 9.59 Å². The zero-order valence-corrected chi connectivity index (χ0v) is 16.6. The summed E-state index contributed by atoms with van der Waals surface area (Å²) in [6, 6.07) is 22.3. The quantitative estimate of drug-likeness (QED) is 0.324. The van der Waals surface area contributed by atoms with Gasteiger partial charge in [0.1, 0.15) is 22.7 Å². The van der Waals surface area contributed by atoms with Crippen molar-refractivity contribution in [1.29, 1.82) is 5.26 Å². The van der Waals surface area contributed by atoms with Crippen LogP contribution in [0.4, 0.5) is 0 Å². The van der Waals surface area contributed by atoms with Gasteiger partial charge in [0, 0.05) is 10.9 Å². The molecule has 0 saturated carbocycles. The number of hydrogen-bond donors (Lipinski definition) is 0. The third kappa shape index (κ3) is 4.02. The Balaban J connectivity index is 1.75. The Kier molecular flexibility index (Phi) is 5.50. The SMILES string of the molecule is CCOC(=O)c1c(-c2ccccc2)oc2ccc(OC(=O)c3cccc(C#N)c3)cc12. The first kappa shape index (κ1) is 19.9. The molecule has 4 rings (SSSR count). The molecule has 0 fully saturated rings. The van der Waals surface area contributed by atoms with E-state index in [2.05, 4.69) is 0 Å². The van der Waals surface area contributed by atoms with Crippen LogP contribution in [0, 0.1) is 11.3 Å². The van der Waals surface area contributed by atoms with Gasteiger partial charge < -0.3 is 13.9 Å². The van der Waals surface area contributed by atoms with Gasteiger partial charge in [-0.15, -0.1) is 0 Å². The maximum absolute atomic E-state index is 12.7. The zero-order valence-electron chi connectivity index (χ0n) is 16.6. The molecule has 0 spiro atoms. The molecule has 152 valence electrons. The summed E-state index contributed by atoms with van der Waals surface area (Å²) < 4.78 is 16.7. The molecular formula is C25H17NO5. The molecule has 0 radical (unpaired) electrons. The van der Waals surface area contributed by atoms with E-state index in [0.29, 0.717) is 22.3 Å². The molecule has 4 aromatic rings. The summed E-state index contributed by atoms with van der Waals surface area (Å²) in [5.41, 5.74) is 2.08. The summed E-state index contributed by atoms with van der Waals surface area (Å²) in [4.78, 5) is 25.2. The number of carbonyl (C=O) groups excluding carboxylic acids is 2. The van der Waals surface area contributed by atoms with Crippen LogP contribution in [0.1, 0.15) is 33.2 Å². The molecule has 0 aliphatic heterocycles. The summed E-state index contributed by atoms with van der Waals surface area (Å²) in [7, 11) is 0. The van der Waals surface area contributed by atoms with Crippen molar-refractivity contribution in [1.82, 2.24) is 0 Å². The van der Waals surface area contributed by atoms with Crippen LogP contribution in [0.2, 0.25) is 0 Å². The summed E-state index contributed by atoms with van der Waals surface area (Å²) in [6.45, 7) is 1.94. The Morgan fingerprint density at radius 1 is 0.968 bits per heavy atom. The van der Waals surface area contributed by atoms with Crippen LogP contribution >= 0.6 is 0 Å². The lowest BCUT2D eigenvalue weighted by Gasteiger charge is -2.06. The number of esters is 2. The predicted molar refractivity (Wildman–Crippen MR) is 114 cm³/mol. The van der Waals surface area contributed by atoms with Crippen molar-refractivity contribution in [2.24, 2.45) is 0 Å². The van der Waals surface area contributed by atoms with E-state index in [4.69, 9.17) is 19.2 Å². The molecule has 0 unspecified atom stereocenters. The van der Waals surface area contributed by atoms with E-state index in [0.717, 1.165) is 5.56 Å².